The van der Waals surface area contributed by atoms with E-state index in [0.717, 1.165) is 31.2 Å². The smallest absolute Gasteiger partial charge is 0.127 e. The van der Waals surface area contributed by atoms with Crippen LogP contribution in [-0.4, -0.2) is 30.6 Å². The lowest BCUT2D eigenvalue weighted by atomic mass is 10.1. The van der Waals surface area contributed by atoms with E-state index in [4.69, 9.17) is 0 Å². The molecule has 0 amide bonds. The second kappa shape index (κ2) is 6.30. The summed E-state index contributed by atoms with van der Waals surface area (Å²) in [5, 5.41) is 3.41. The largest absolute Gasteiger partial charge is 0.309 e. The molecule has 0 spiro atoms. The summed E-state index contributed by atoms with van der Waals surface area (Å²) in [6.07, 6.45) is 2.69. The molecule has 1 atom stereocenters. The van der Waals surface area contributed by atoms with Gasteiger partial charge in [0.2, 0.25) is 0 Å². The van der Waals surface area contributed by atoms with E-state index in [1.165, 1.54) is 18.9 Å². The van der Waals surface area contributed by atoms with Crippen molar-refractivity contribution in [3.8, 4) is 0 Å². The summed E-state index contributed by atoms with van der Waals surface area (Å²) in [6.45, 7) is 7.31. The lowest BCUT2D eigenvalue weighted by molar-refractivity contribution is 0.273. The molecule has 1 N–H and O–H groups in total. The number of halogens is 1. The first-order valence-electron chi connectivity index (χ1n) is 6.94. The third-order valence-corrected chi connectivity index (χ3v) is 3.69. The van der Waals surface area contributed by atoms with Crippen LogP contribution in [-0.2, 0) is 0 Å². The Hall–Kier alpha value is -0.930. The highest BCUT2D eigenvalue weighted by atomic mass is 19.1. The normalized spacial score (nSPS) is 17.1. The van der Waals surface area contributed by atoms with Gasteiger partial charge in [0.05, 0.1) is 0 Å². The summed E-state index contributed by atoms with van der Waals surface area (Å²) < 4.78 is 13.6. The first-order chi connectivity index (χ1) is 8.72. The summed E-state index contributed by atoms with van der Waals surface area (Å²) >= 11 is 0. The molecule has 0 radical (unpaired) electrons. The van der Waals surface area contributed by atoms with Gasteiger partial charge in [-0.05, 0) is 32.4 Å². The molecule has 0 heterocycles. The molecule has 1 aliphatic carbocycles. The molecule has 1 aromatic rings. The fourth-order valence-corrected chi connectivity index (χ4v) is 2.40. The average Bonchev–Trinajstić information content (AvgIpc) is 3.19. The van der Waals surface area contributed by atoms with Crippen LogP contribution in [0, 0.1) is 5.82 Å². The minimum atomic E-state index is -0.118. The van der Waals surface area contributed by atoms with Gasteiger partial charge in [-0.1, -0.05) is 25.1 Å². The van der Waals surface area contributed by atoms with Crippen LogP contribution < -0.4 is 5.32 Å². The highest BCUT2D eigenvalue weighted by Gasteiger charge is 2.27. The molecular formula is C15H23FN2. The number of hydrogen-bond donors (Lipinski definition) is 1. The number of nitrogens with zero attached hydrogens (tertiary/aromatic N) is 1. The van der Waals surface area contributed by atoms with Crippen LogP contribution in [0.25, 0.3) is 0 Å². The average molecular weight is 250 g/mol. The second-order valence-electron chi connectivity index (χ2n) is 5.06. The number of benzene rings is 1. The fourth-order valence-electron chi connectivity index (χ4n) is 2.40. The Morgan fingerprint density at radius 3 is 2.72 bits per heavy atom. The van der Waals surface area contributed by atoms with E-state index in [9.17, 15) is 4.39 Å². The van der Waals surface area contributed by atoms with Gasteiger partial charge in [-0.2, -0.15) is 0 Å². The molecule has 0 bridgehead atoms. The molecule has 3 heteroatoms. The molecule has 1 aliphatic rings. The summed E-state index contributed by atoms with van der Waals surface area (Å²) in [6, 6.07) is 7.88. The van der Waals surface area contributed by atoms with Crippen LogP contribution in [0.15, 0.2) is 24.3 Å². The van der Waals surface area contributed by atoms with Gasteiger partial charge in [0, 0.05) is 30.7 Å². The van der Waals surface area contributed by atoms with Gasteiger partial charge in [0.25, 0.3) is 0 Å². The van der Waals surface area contributed by atoms with Crippen molar-refractivity contribution in [2.75, 3.05) is 19.6 Å². The Labute approximate surface area is 109 Å². The molecular weight excluding hydrogens is 227 g/mol. The van der Waals surface area contributed by atoms with E-state index in [0.29, 0.717) is 0 Å². The van der Waals surface area contributed by atoms with E-state index in [1.54, 1.807) is 6.07 Å². The molecule has 0 saturated heterocycles. The molecule has 1 saturated carbocycles. The Bertz CT molecular complexity index is 377. The maximum absolute atomic E-state index is 13.6. The maximum atomic E-state index is 13.6. The van der Waals surface area contributed by atoms with Crippen LogP contribution in [0.4, 0.5) is 4.39 Å². The van der Waals surface area contributed by atoms with Gasteiger partial charge in [0.1, 0.15) is 5.82 Å². The van der Waals surface area contributed by atoms with E-state index in [1.807, 2.05) is 19.1 Å². The Morgan fingerprint density at radius 1 is 1.39 bits per heavy atom. The zero-order chi connectivity index (χ0) is 13.0. The van der Waals surface area contributed by atoms with Crippen molar-refractivity contribution in [3.63, 3.8) is 0 Å². The highest BCUT2D eigenvalue weighted by Crippen LogP contribution is 2.26. The summed E-state index contributed by atoms with van der Waals surface area (Å²) in [7, 11) is 0. The zero-order valence-corrected chi connectivity index (χ0v) is 11.3. The van der Waals surface area contributed by atoms with Gasteiger partial charge in [0.15, 0.2) is 0 Å². The van der Waals surface area contributed by atoms with Crippen LogP contribution in [0.3, 0.4) is 0 Å². The maximum Gasteiger partial charge on any atom is 0.127 e. The van der Waals surface area contributed by atoms with Gasteiger partial charge >= 0.3 is 0 Å². The second-order valence-corrected chi connectivity index (χ2v) is 5.06. The zero-order valence-electron chi connectivity index (χ0n) is 11.3. The highest BCUT2D eigenvalue weighted by molar-refractivity contribution is 5.20. The molecule has 1 aromatic carbocycles. The standard InChI is InChI=1S/C15H23FN2/c1-3-18(13-8-9-13)11-10-17-12(2)14-6-4-5-7-15(14)16/h4-7,12-13,17H,3,8-11H2,1-2H3. The summed E-state index contributed by atoms with van der Waals surface area (Å²) in [5.74, 6) is -0.118. The van der Waals surface area contributed by atoms with Crippen LogP contribution in [0.1, 0.15) is 38.3 Å². The van der Waals surface area contributed by atoms with Gasteiger partial charge in [-0.25, -0.2) is 4.39 Å². The third kappa shape index (κ3) is 3.53. The predicted octanol–water partition coefficient (Wildman–Crippen LogP) is 2.96. The monoisotopic (exact) mass is 250 g/mol. The van der Waals surface area contributed by atoms with Crippen molar-refractivity contribution in [3.05, 3.63) is 35.6 Å². The lowest BCUT2D eigenvalue weighted by Gasteiger charge is -2.22. The van der Waals surface area contributed by atoms with Gasteiger partial charge in [-0.3, -0.25) is 4.90 Å². The molecule has 18 heavy (non-hydrogen) atoms. The first-order valence-corrected chi connectivity index (χ1v) is 6.94. The third-order valence-electron chi connectivity index (χ3n) is 3.69. The van der Waals surface area contributed by atoms with Crippen molar-refractivity contribution >= 4 is 0 Å². The Kier molecular flexibility index (Phi) is 4.72. The van der Waals surface area contributed by atoms with Gasteiger partial charge in [-0.15, -0.1) is 0 Å². The molecule has 2 nitrogen and oxygen atoms in total. The predicted molar refractivity (Wildman–Crippen MR) is 73.1 cm³/mol. The molecule has 0 aliphatic heterocycles. The van der Waals surface area contributed by atoms with E-state index in [2.05, 4.69) is 17.1 Å². The number of nitrogens with one attached hydrogen (secondary N) is 1. The number of likely N-dealkylation sites (N-methyl/N-ethyl adjacent to an activating group) is 1. The van der Waals surface area contributed by atoms with E-state index in [-0.39, 0.29) is 11.9 Å². The Balaban J connectivity index is 1.77. The minimum Gasteiger partial charge on any atom is -0.309 e. The lowest BCUT2D eigenvalue weighted by Crippen LogP contribution is -2.34. The molecule has 2 rings (SSSR count). The quantitative estimate of drug-likeness (QED) is 0.800. The summed E-state index contributed by atoms with van der Waals surface area (Å²) in [5.41, 5.74) is 0.756. The van der Waals surface area contributed by atoms with Crippen molar-refractivity contribution in [1.29, 1.82) is 0 Å². The Morgan fingerprint density at radius 2 is 2.11 bits per heavy atom. The number of rotatable bonds is 7. The molecule has 1 fully saturated rings. The molecule has 100 valence electrons. The van der Waals surface area contributed by atoms with E-state index < -0.39 is 0 Å². The molecule has 1 unspecified atom stereocenters. The van der Waals surface area contributed by atoms with E-state index >= 15 is 0 Å². The van der Waals surface area contributed by atoms with Crippen LogP contribution in [0.5, 0.6) is 0 Å². The minimum absolute atomic E-state index is 0.0732. The SMILES string of the molecule is CCN(CCNC(C)c1ccccc1F)C1CC1. The summed E-state index contributed by atoms with van der Waals surface area (Å²) in [4.78, 5) is 2.50. The first kappa shape index (κ1) is 13.5. The van der Waals surface area contributed by atoms with Gasteiger partial charge < -0.3 is 5.32 Å². The van der Waals surface area contributed by atoms with Crippen LogP contribution in [0.2, 0.25) is 0 Å². The van der Waals surface area contributed by atoms with Crippen molar-refractivity contribution in [2.24, 2.45) is 0 Å². The van der Waals surface area contributed by atoms with Crippen LogP contribution >= 0.6 is 0 Å². The molecule has 0 aromatic heterocycles. The fraction of sp³-hybridized carbons (Fsp3) is 0.600. The number of hydrogen-bond acceptors (Lipinski definition) is 2. The topological polar surface area (TPSA) is 15.3 Å². The van der Waals surface area contributed by atoms with Crippen molar-refractivity contribution in [1.82, 2.24) is 10.2 Å². The van der Waals surface area contributed by atoms with Crippen molar-refractivity contribution < 1.29 is 4.39 Å². The van der Waals surface area contributed by atoms with Crippen molar-refractivity contribution in [2.45, 2.75) is 38.8 Å².